The Labute approximate surface area is 177 Å². The molecule has 0 unspecified atom stereocenters. The van der Waals surface area contributed by atoms with Crippen molar-refractivity contribution in [2.24, 2.45) is 0 Å². The smallest absolute Gasteiger partial charge is 0.171 e. The zero-order chi connectivity index (χ0) is 20.4. The fraction of sp³-hybridized carbons (Fsp3) is 0. The summed E-state index contributed by atoms with van der Waals surface area (Å²) in [5.41, 5.74) is 4.28. The van der Waals surface area contributed by atoms with Crippen LogP contribution < -0.4 is 10.6 Å². The first-order valence-corrected chi connectivity index (χ1v) is 11.8. The van der Waals surface area contributed by atoms with E-state index in [1.807, 2.05) is 84.9 Å². The summed E-state index contributed by atoms with van der Waals surface area (Å²) >= 11 is 0. The van der Waals surface area contributed by atoms with E-state index in [-0.39, 0.29) is 0 Å². The van der Waals surface area contributed by atoms with Crippen LogP contribution in [-0.2, 0) is 4.57 Å². The quantitative estimate of drug-likeness (QED) is 0.348. The molecule has 0 atom stereocenters. The highest BCUT2D eigenvalue weighted by Gasteiger charge is 2.34. The van der Waals surface area contributed by atoms with E-state index in [2.05, 4.69) is 42.5 Å². The van der Waals surface area contributed by atoms with E-state index in [0.717, 1.165) is 38.2 Å². The molecule has 0 bridgehead atoms. The van der Waals surface area contributed by atoms with Crippen LogP contribution in [0.15, 0.2) is 109 Å². The highest BCUT2D eigenvalue weighted by Crippen LogP contribution is 2.58. The number of benzene rings is 4. The van der Waals surface area contributed by atoms with Crippen LogP contribution in [0.5, 0.6) is 0 Å². The molecule has 0 fully saturated rings. The van der Waals surface area contributed by atoms with Gasteiger partial charge in [-0.25, -0.2) is 0 Å². The van der Waals surface area contributed by atoms with Crippen LogP contribution in [0.25, 0.3) is 23.5 Å². The second kappa shape index (κ2) is 7.78. The number of fused-ring (bicyclic) bond motifs is 2. The van der Waals surface area contributed by atoms with Crippen LogP contribution in [0.2, 0.25) is 0 Å². The van der Waals surface area contributed by atoms with Crippen molar-refractivity contribution in [2.45, 2.75) is 0 Å². The highest BCUT2D eigenvalue weighted by atomic mass is 31.2. The second-order valence-corrected chi connectivity index (χ2v) is 10.1. The van der Waals surface area contributed by atoms with Gasteiger partial charge in [0.2, 0.25) is 0 Å². The third-order valence-electron chi connectivity index (χ3n) is 5.55. The van der Waals surface area contributed by atoms with Gasteiger partial charge in [0, 0.05) is 15.9 Å². The summed E-state index contributed by atoms with van der Waals surface area (Å²) in [5, 5.41) is 2.56. The fourth-order valence-corrected chi connectivity index (χ4v) is 6.94. The number of hydrogen-bond donors (Lipinski definition) is 0. The summed E-state index contributed by atoms with van der Waals surface area (Å²) in [6.07, 6.45) is 6.39. The van der Waals surface area contributed by atoms with Gasteiger partial charge in [-0.05, 0) is 28.3 Å². The van der Waals surface area contributed by atoms with Crippen molar-refractivity contribution in [3.05, 3.63) is 131 Å². The third kappa shape index (κ3) is 3.18. The van der Waals surface area contributed by atoms with Gasteiger partial charge >= 0.3 is 0 Å². The van der Waals surface area contributed by atoms with Gasteiger partial charge in [-0.3, -0.25) is 0 Å². The van der Waals surface area contributed by atoms with Crippen LogP contribution in [0.1, 0.15) is 22.3 Å². The molecular weight excluding hydrogens is 383 g/mol. The van der Waals surface area contributed by atoms with Gasteiger partial charge in [-0.1, -0.05) is 121 Å². The van der Waals surface area contributed by atoms with E-state index in [1.165, 1.54) is 0 Å². The van der Waals surface area contributed by atoms with Crippen molar-refractivity contribution in [3.63, 3.8) is 0 Å². The largest absolute Gasteiger partial charge is 0.309 e. The summed E-state index contributed by atoms with van der Waals surface area (Å²) in [6, 6.07) is 36.2. The minimum Gasteiger partial charge on any atom is -0.309 e. The van der Waals surface area contributed by atoms with E-state index in [0.29, 0.717) is 0 Å². The molecule has 1 aliphatic carbocycles. The lowest BCUT2D eigenvalue weighted by atomic mass is 9.98. The molecule has 0 saturated carbocycles. The molecule has 0 amide bonds. The maximum atomic E-state index is 15.1. The zero-order valence-corrected chi connectivity index (χ0v) is 17.4. The van der Waals surface area contributed by atoms with Crippen molar-refractivity contribution >= 4 is 41.3 Å². The van der Waals surface area contributed by atoms with Crippen molar-refractivity contribution in [1.82, 2.24) is 0 Å². The molecule has 0 radical (unpaired) electrons. The van der Waals surface area contributed by atoms with Gasteiger partial charge in [0.15, 0.2) is 7.14 Å². The molecule has 0 saturated heterocycles. The molecule has 144 valence electrons. The lowest BCUT2D eigenvalue weighted by Gasteiger charge is -2.25. The lowest BCUT2D eigenvalue weighted by molar-refractivity contribution is 0.593. The fourth-order valence-electron chi connectivity index (χ4n) is 4.04. The Morgan fingerprint density at radius 3 is 1.57 bits per heavy atom. The summed E-state index contributed by atoms with van der Waals surface area (Å²) in [6.45, 7) is 0. The van der Waals surface area contributed by atoms with Gasteiger partial charge in [-0.15, -0.1) is 0 Å². The third-order valence-corrected chi connectivity index (χ3v) is 8.65. The maximum absolute atomic E-state index is 15.1. The normalized spacial score (nSPS) is 15.7. The van der Waals surface area contributed by atoms with Crippen LogP contribution in [0, 0.1) is 0 Å². The SMILES string of the molecule is O=P(/C1=C/c2ccccc2/C=C\c2ccccc21)(c1ccccc1)c1ccccc1. The molecule has 4 aromatic carbocycles. The molecule has 0 N–H and O–H groups in total. The van der Waals surface area contributed by atoms with E-state index >= 15 is 4.57 Å². The first kappa shape index (κ1) is 18.6. The Balaban J connectivity index is 1.88. The molecule has 2 heteroatoms. The maximum Gasteiger partial charge on any atom is 0.171 e. The molecule has 30 heavy (non-hydrogen) atoms. The predicted molar refractivity (Wildman–Crippen MR) is 129 cm³/mol. The molecule has 4 aromatic rings. The summed E-state index contributed by atoms with van der Waals surface area (Å²) in [7, 11) is -3.11. The molecule has 0 spiro atoms. The summed E-state index contributed by atoms with van der Waals surface area (Å²) in [4.78, 5) is 0. The van der Waals surface area contributed by atoms with Gasteiger partial charge in [-0.2, -0.15) is 0 Å². The molecule has 0 aliphatic heterocycles. The lowest BCUT2D eigenvalue weighted by Crippen LogP contribution is -2.17. The van der Waals surface area contributed by atoms with E-state index < -0.39 is 7.14 Å². The van der Waals surface area contributed by atoms with E-state index in [4.69, 9.17) is 0 Å². The Morgan fingerprint density at radius 1 is 0.467 bits per heavy atom. The molecule has 0 heterocycles. The van der Waals surface area contributed by atoms with Crippen molar-refractivity contribution in [3.8, 4) is 0 Å². The van der Waals surface area contributed by atoms with Crippen LogP contribution >= 0.6 is 7.14 Å². The number of rotatable bonds is 3. The molecular formula is C28H21OP. The van der Waals surface area contributed by atoms with Gasteiger partial charge in [0.25, 0.3) is 0 Å². The standard InChI is InChI=1S/C28H21OP/c29-30(25-14-3-1-4-15-25,26-16-5-2-6-17-26)28-21-24-13-8-7-11-22(24)19-20-23-12-9-10-18-27(23)28/h1-21H/b20-19-,22-19?,23-20?,24-21?,28-21+,28-27?. The monoisotopic (exact) mass is 404 g/mol. The Morgan fingerprint density at radius 2 is 0.933 bits per heavy atom. The minimum absolute atomic E-state index is 0.847. The first-order chi connectivity index (χ1) is 14.8. The van der Waals surface area contributed by atoms with Crippen LogP contribution in [0.4, 0.5) is 0 Å². The molecule has 1 aliphatic rings. The predicted octanol–water partition coefficient (Wildman–Crippen LogP) is 6.68. The first-order valence-electron chi connectivity index (χ1n) is 10.1. The average Bonchev–Trinajstić information content (AvgIpc) is 2.81. The van der Waals surface area contributed by atoms with Crippen molar-refractivity contribution in [2.75, 3.05) is 0 Å². The summed E-state index contributed by atoms with van der Waals surface area (Å²) < 4.78 is 15.1. The van der Waals surface area contributed by atoms with Gasteiger partial charge in [0.05, 0.1) is 0 Å². The van der Waals surface area contributed by atoms with Gasteiger partial charge in [0.1, 0.15) is 0 Å². The van der Waals surface area contributed by atoms with Gasteiger partial charge < -0.3 is 4.57 Å². The van der Waals surface area contributed by atoms with Crippen LogP contribution in [-0.4, -0.2) is 0 Å². The zero-order valence-electron chi connectivity index (χ0n) is 16.5. The number of hydrogen-bond acceptors (Lipinski definition) is 1. The molecule has 1 nitrogen and oxygen atoms in total. The molecule has 5 rings (SSSR count). The van der Waals surface area contributed by atoms with Crippen LogP contribution in [0.3, 0.4) is 0 Å². The molecule has 0 aromatic heterocycles. The topological polar surface area (TPSA) is 17.1 Å². The second-order valence-electron chi connectivity index (χ2n) is 7.36. The van der Waals surface area contributed by atoms with E-state index in [9.17, 15) is 0 Å². The highest BCUT2D eigenvalue weighted by molar-refractivity contribution is 7.87. The Bertz CT molecular complexity index is 1260. The van der Waals surface area contributed by atoms with Crippen molar-refractivity contribution in [1.29, 1.82) is 0 Å². The average molecular weight is 404 g/mol. The Kier molecular flexibility index (Phi) is 4.83. The minimum atomic E-state index is -3.11. The summed E-state index contributed by atoms with van der Waals surface area (Å²) in [5.74, 6) is 0. The van der Waals surface area contributed by atoms with Crippen molar-refractivity contribution < 1.29 is 4.57 Å². The Hall–Kier alpha value is -3.41. The van der Waals surface area contributed by atoms with E-state index in [1.54, 1.807) is 0 Å².